The van der Waals surface area contributed by atoms with E-state index in [0.717, 1.165) is 50.0 Å². The number of hydrogen-bond acceptors (Lipinski definition) is 7. The van der Waals surface area contributed by atoms with Crippen molar-refractivity contribution >= 4 is 23.3 Å². The molecule has 1 aromatic rings. The van der Waals surface area contributed by atoms with Gasteiger partial charge in [-0.15, -0.1) is 4.37 Å². The molecule has 176 valence electrons. The van der Waals surface area contributed by atoms with Gasteiger partial charge in [0, 0.05) is 32.1 Å². The summed E-state index contributed by atoms with van der Waals surface area (Å²) in [5.41, 5.74) is 1.98. The monoisotopic (exact) mass is 565 g/mol. The van der Waals surface area contributed by atoms with E-state index in [1.807, 2.05) is 6.92 Å². The molecule has 31 heavy (non-hydrogen) atoms. The van der Waals surface area contributed by atoms with Crippen LogP contribution in [0.25, 0.3) is 5.57 Å². The molecule has 2 aliphatic rings. The maximum atomic E-state index is 12.6. The van der Waals surface area contributed by atoms with Gasteiger partial charge in [0.05, 0.1) is 37.8 Å². The predicted molar refractivity (Wildman–Crippen MR) is 117 cm³/mol. The molecule has 3 heterocycles. The van der Waals surface area contributed by atoms with Gasteiger partial charge in [0.2, 0.25) is 6.23 Å². The average molecular weight is 566 g/mol. The molecule has 2 aliphatic heterocycles. The van der Waals surface area contributed by atoms with Crippen molar-refractivity contribution in [3.05, 3.63) is 11.8 Å². The van der Waals surface area contributed by atoms with E-state index in [9.17, 15) is 4.79 Å². The third kappa shape index (κ3) is 7.36. The van der Waals surface area contributed by atoms with Gasteiger partial charge in [0.25, 0.3) is 5.88 Å². The molecule has 0 N–H and O–H groups in total. The number of rotatable bonds is 10. The smallest absolute Gasteiger partial charge is 0.313 e. The maximum absolute atomic E-state index is 12.6. The molecule has 0 spiro atoms. The molecule has 1 saturated heterocycles. The van der Waals surface area contributed by atoms with Crippen LogP contribution in [0, 0.1) is 5.92 Å². The van der Waals surface area contributed by atoms with Gasteiger partial charge in [-0.25, -0.2) is 0 Å². The first-order chi connectivity index (χ1) is 14.5. The number of carbonyl (C=O) groups is 1. The Balaban J connectivity index is 0.00000341. The fraction of sp³-hybridized carbons (Fsp3) is 0.773. The first-order valence-corrected chi connectivity index (χ1v) is 12.0. The second-order valence-electron chi connectivity index (χ2n) is 8.63. The number of halogens is 1. The van der Waals surface area contributed by atoms with Crippen molar-refractivity contribution in [2.75, 3.05) is 40.0 Å². The Morgan fingerprint density at radius 1 is 1.29 bits per heavy atom. The van der Waals surface area contributed by atoms with Crippen LogP contribution in [0.4, 0.5) is 0 Å². The van der Waals surface area contributed by atoms with E-state index in [4.69, 9.17) is 14.2 Å². The van der Waals surface area contributed by atoms with Crippen molar-refractivity contribution in [1.29, 1.82) is 0 Å². The Labute approximate surface area is 207 Å². The molecule has 2 unspecified atom stereocenters. The van der Waals surface area contributed by atoms with E-state index in [0.29, 0.717) is 30.2 Å². The highest BCUT2D eigenvalue weighted by Crippen LogP contribution is 2.32. The van der Waals surface area contributed by atoms with Gasteiger partial charge in [0.1, 0.15) is 12.2 Å². The number of aromatic nitrogens is 2. The molecule has 0 bridgehead atoms. The lowest BCUT2D eigenvalue weighted by atomic mass is 10.0. The van der Waals surface area contributed by atoms with E-state index in [-0.39, 0.29) is 42.1 Å². The number of nitrogens with zero attached hydrogens (tertiary/aromatic N) is 3. The number of likely N-dealkylation sites (N-methyl/N-ethyl adjacent to an activating group) is 1. The zero-order chi connectivity index (χ0) is 21.4. The molecular weight excluding hydrogens is 529 g/mol. The fourth-order valence-electron chi connectivity index (χ4n) is 4.04. The number of ether oxygens (including phenoxy) is 3. The summed E-state index contributed by atoms with van der Waals surface area (Å²) in [6, 6.07) is 0. The molecule has 1 aromatic heterocycles. The highest BCUT2D eigenvalue weighted by atomic mass is 127. The summed E-state index contributed by atoms with van der Waals surface area (Å²) in [4.78, 5) is 12.6. The Morgan fingerprint density at radius 3 is 2.81 bits per heavy atom. The number of quaternary nitrogens is 1. The van der Waals surface area contributed by atoms with E-state index >= 15 is 0 Å². The van der Waals surface area contributed by atoms with Crippen LogP contribution in [0.3, 0.4) is 0 Å². The summed E-state index contributed by atoms with van der Waals surface area (Å²) in [7, 11) is 2.15. The minimum Gasteiger partial charge on any atom is -1.00 e. The van der Waals surface area contributed by atoms with Crippen LogP contribution in [0.15, 0.2) is 6.08 Å². The Morgan fingerprint density at radius 2 is 2.06 bits per heavy atom. The molecule has 2 atom stereocenters. The third-order valence-electron chi connectivity index (χ3n) is 6.28. The molecule has 0 aromatic carbocycles. The van der Waals surface area contributed by atoms with Crippen molar-refractivity contribution in [3.63, 3.8) is 0 Å². The van der Waals surface area contributed by atoms with Gasteiger partial charge in [0.15, 0.2) is 0 Å². The summed E-state index contributed by atoms with van der Waals surface area (Å²) in [6.07, 6.45) is 9.10. The van der Waals surface area contributed by atoms with Crippen LogP contribution in [0.5, 0.6) is 5.88 Å². The van der Waals surface area contributed by atoms with Gasteiger partial charge in [-0.3, -0.25) is 9.28 Å². The SMILES string of the molecule is CCCCCCOc1nsnc1C1=CCC[N+](C)(C(C)OC(=O)C2CCOCC2)C1.[I-]. The van der Waals surface area contributed by atoms with Crippen LogP contribution in [-0.4, -0.2) is 65.4 Å². The number of hydrogen-bond donors (Lipinski definition) is 0. The molecule has 1 fully saturated rings. The van der Waals surface area contributed by atoms with Crippen molar-refractivity contribution in [3.8, 4) is 5.88 Å². The summed E-state index contributed by atoms with van der Waals surface area (Å²) >= 11 is 1.20. The van der Waals surface area contributed by atoms with Gasteiger partial charge in [-0.2, -0.15) is 4.37 Å². The lowest BCUT2D eigenvalue weighted by Crippen LogP contribution is -3.00. The van der Waals surface area contributed by atoms with Crippen molar-refractivity contribution in [2.45, 2.75) is 65.0 Å². The first kappa shape index (κ1) is 26.5. The second kappa shape index (κ2) is 13.1. The lowest BCUT2D eigenvalue weighted by molar-refractivity contribution is -0.944. The molecule has 0 radical (unpaired) electrons. The van der Waals surface area contributed by atoms with Gasteiger partial charge < -0.3 is 38.2 Å². The topological polar surface area (TPSA) is 70.5 Å². The van der Waals surface area contributed by atoms with E-state index in [1.54, 1.807) is 0 Å². The normalized spacial score (nSPS) is 22.9. The first-order valence-electron chi connectivity index (χ1n) is 11.3. The molecule has 7 nitrogen and oxygen atoms in total. The van der Waals surface area contributed by atoms with Crippen LogP contribution >= 0.6 is 11.7 Å². The van der Waals surface area contributed by atoms with Crippen molar-refractivity contribution < 1.29 is 47.5 Å². The lowest BCUT2D eigenvalue weighted by Gasteiger charge is -2.41. The molecule has 0 saturated carbocycles. The molecule has 0 aliphatic carbocycles. The van der Waals surface area contributed by atoms with Crippen LogP contribution in [0.1, 0.15) is 64.5 Å². The highest BCUT2D eigenvalue weighted by Gasteiger charge is 2.38. The van der Waals surface area contributed by atoms with Crippen LogP contribution < -0.4 is 28.7 Å². The summed E-state index contributed by atoms with van der Waals surface area (Å²) in [6.45, 7) is 7.85. The Kier molecular flexibility index (Phi) is 11.1. The predicted octanol–water partition coefficient (Wildman–Crippen LogP) is 1.05. The molecule has 0 amide bonds. The van der Waals surface area contributed by atoms with Crippen molar-refractivity contribution in [1.82, 2.24) is 8.75 Å². The van der Waals surface area contributed by atoms with Crippen molar-refractivity contribution in [2.24, 2.45) is 5.92 Å². The third-order valence-corrected chi connectivity index (χ3v) is 6.79. The standard InChI is InChI=1S/C22H36N3O4S.HI/c1-4-5-6-7-13-28-21-20(23-30-24-21)19-9-8-12-25(3,16-19)17(2)29-22(26)18-10-14-27-15-11-18;/h9,17-18H,4-8,10-16H2,1-3H3;1H/q+1;/p-1. The average Bonchev–Trinajstić information content (AvgIpc) is 3.23. The molecule has 3 rings (SSSR count). The van der Waals surface area contributed by atoms with E-state index in [2.05, 4.69) is 28.8 Å². The quantitative estimate of drug-likeness (QED) is 0.183. The number of unbranched alkanes of at least 4 members (excludes halogenated alkanes) is 3. The van der Waals surface area contributed by atoms with Gasteiger partial charge >= 0.3 is 5.97 Å². The van der Waals surface area contributed by atoms with Gasteiger partial charge in [-0.1, -0.05) is 32.3 Å². The largest absolute Gasteiger partial charge is 1.00 e. The minimum absolute atomic E-state index is 0. The minimum atomic E-state index is -0.214. The van der Waals surface area contributed by atoms with Gasteiger partial charge in [-0.05, 0) is 19.3 Å². The number of esters is 1. The van der Waals surface area contributed by atoms with E-state index in [1.165, 1.54) is 31.0 Å². The maximum Gasteiger partial charge on any atom is 0.313 e. The second-order valence-corrected chi connectivity index (χ2v) is 9.16. The zero-order valence-corrected chi connectivity index (χ0v) is 22.0. The Bertz CT molecular complexity index is 723. The zero-order valence-electron chi connectivity index (χ0n) is 19.0. The summed E-state index contributed by atoms with van der Waals surface area (Å²) in [5.74, 6) is 0.513. The fourth-order valence-corrected chi connectivity index (χ4v) is 4.57. The van der Waals surface area contributed by atoms with E-state index < -0.39 is 0 Å². The molecular formula is C22H36IN3O4S. The Hall–Kier alpha value is -0.780. The number of carbonyl (C=O) groups excluding carboxylic acids is 1. The summed E-state index contributed by atoms with van der Waals surface area (Å²) < 4.78 is 26.8. The van der Waals surface area contributed by atoms with Crippen LogP contribution in [-0.2, 0) is 14.3 Å². The van der Waals surface area contributed by atoms with Crippen LogP contribution in [0.2, 0.25) is 0 Å². The highest BCUT2D eigenvalue weighted by molar-refractivity contribution is 6.99. The summed E-state index contributed by atoms with van der Waals surface area (Å²) in [5, 5.41) is 0. The molecule has 9 heteroatoms.